The second-order valence-electron chi connectivity index (χ2n) is 7.54. The van der Waals surface area contributed by atoms with Crippen LogP contribution in [-0.4, -0.2) is 99.9 Å². The first kappa shape index (κ1) is 22.7. The number of nitrogens with zero attached hydrogens (tertiary/aromatic N) is 4. The molecule has 2 fully saturated rings. The Morgan fingerprint density at radius 3 is 2.59 bits per heavy atom. The predicted molar refractivity (Wildman–Crippen MR) is 99.9 cm³/mol. The Morgan fingerprint density at radius 2 is 1.84 bits per heavy atom. The number of rotatable bonds is 6. The van der Waals surface area contributed by atoms with Crippen molar-refractivity contribution in [3.8, 4) is 0 Å². The number of ether oxygens (including phenoxy) is 3. The van der Waals surface area contributed by atoms with Crippen LogP contribution >= 0.6 is 0 Å². The summed E-state index contributed by atoms with van der Waals surface area (Å²) in [5, 5.41) is 57.4. The summed E-state index contributed by atoms with van der Waals surface area (Å²) in [5.74, 6) is 0. The summed E-state index contributed by atoms with van der Waals surface area (Å²) >= 11 is 0. The van der Waals surface area contributed by atoms with Gasteiger partial charge in [-0.15, -0.1) is 5.10 Å². The third kappa shape index (κ3) is 4.37. The minimum Gasteiger partial charge on any atom is -0.388 e. The van der Waals surface area contributed by atoms with Gasteiger partial charge in [0.15, 0.2) is 12.5 Å². The SMILES string of the molecule is O=c1ccn([C@@H]2O[C@H](COCc3cn([C@@H]4OC[C@@H](O)[C@H](O)[C@H]4O)nn3)[C@@H](O)[C@H]2O)c(=O)[nH]1. The molecule has 0 spiro atoms. The zero-order chi connectivity index (χ0) is 23.0. The number of hydrogen-bond acceptors (Lipinski definition) is 12. The molecule has 0 bridgehead atoms. The smallest absolute Gasteiger partial charge is 0.330 e. The van der Waals surface area contributed by atoms with Gasteiger partial charge in [-0.1, -0.05) is 5.21 Å². The molecule has 15 nitrogen and oxygen atoms in total. The fourth-order valence-electron chi connectivity index (χ4n) is 3.53. The van der Waals surface area contributed by atoms with E-state index in [1.165, 1.54) is 10.9 Å². The lowest BCUT2D eigenvalue weighted by Gasteiger charge is -2.34. The van der Waals surface area contributed by atoms with Gasteiger partial charge in [0.1, 0.15) is 42.3 Å². The van der Waals surface area contributed by atoms with Crippen molar-refractivity contribution in [2.75, 3.05) is 13.2 Å². The minimum absolute atomic E-state index is 0.0695. The van der Waals surface area contributed by atoms with Gasteiger partial charge in [0.05, 0.1) is 26.0 Å². The molecule has 0 unspecified atom stereocenters. The van der Waals surface area contributed by atoms with Crippen molar-refractivity contribution >= 4 is 0 Å². The first-order chi connectivity index (χ1) is 15.3. The molecule has 0 radical (unpaired) electrons. The highest BCUT2D eigenvalue weighted by molar-refractivity contribution is 4.95. The fourth-order valence-corrected chi connectivity index (χ4v) is 3.53. The van der Waals surface area contributed by atoms with Crippen LogP contribution in [0.3, 0.4) is 0 Å². The lowest BCUT2D eigenvalue weighted by Crippen LogP contribution is -2.50. The van der Waals surface area contributed by atoms with E-state index in [2.05, 4.69) is 10.3 Å². The third-order valence-corrected chi connectivity index (χ3v) is 5.29. The van der Waals surface area contributed by atoms with Crippen LogP contribution < -0.4 is 11.2 Å². The number of H-pyrrole nitrogens is 1. The monoisotopic (exact) mass is 457 g/mol. The average Bonchev–Trinajstić information content (AvgIpc) is 3.33. The largest absolute Gasteiger partial charge is 0.388 e. The van der Waals surface area contributed by atoms with Crippen LogP contribution in [0.5, 0.6) is 0 Å². The Bertz CT molecular complexity index is 1040. The number of aliphatic hydroxyl groups excluding tert-OH is 5. The van der Waals surface area contributed by atoms with E-state index in [0.29, 0.717) is 5.69 Å². The van der Waals surface area contributed by atoms with Crippen molar-refractivity contribution in [1.29, 1.82) is 0 Å². The molecule has 0 aliphatic carbocycles. The second-order valence-corrected chi connectivity index (χ2v) is 7.54. The van der Waals surface area contributed by atoms with E-state index < -0.39 is 60.3 Å². The zero-order valence-electron chi connectivity index (χ0n) is 16.5. The summed E-state index contributed by atoms with van der Waals surface area (Å²) < 4.78 is 18.4. The maximum atomic E-state index is 11.9. The van der Waals surface area contributed by atoms with Crippen molar-refractivity contribution in [2.24, 2.45) is 0 Å². The van der Waals surface area contributed by atoms with Gasteiger partial charge in [0.25, 0.3) is 5.56 Å². The van der Waals surface area contributed by atoms with E-state index >= 15 is 0 Å². The Morgan fingerprint density at radius 1 is 1.09 bits per heavy atom. The molecule has 2 saturated heterocycles. The zero-order valence-corrected chi connectivity index (χ0v) is 16.5. The average molecular weight is 457 g/mol. The molecule has 15 heteroatoms. The molecule has 2 aromatic heterocycles. The quantitative estimate of drug-likeness (QED) is 0.242. The van der Waals surface area contributed by atoms with Gasteiger partial charge in [0.2, 0.25) is 0 Å². The predicted octanol–water partition coefficient (Wildman–Crippen LogP) is -4.42. The van der Waals surface area contributed by atoms with Crippen LogP contribution in [0.1, 0.15) is 18.1 Å². The fraction of sp³-hybridized carbons (Fsp3) is 0.647. The van der Waals surface area contributed by atoms with Gasteiger partial charge in [-0.3, -0.25) is 14.3 Å². The Labute approximate surface area is 179 Å². The summed E-state index contributed by atoms with van der Waals surface area (Å²) in [6.45, 7) is -0.416. The normalized spacial score (nSPS) is 35.3. The Hall–Kier alpha value is -2.50. The van der Waals surface area contributed by atoms with Crippen LogP contribution in [-0.2, 0) is 20.8 Å². The van der Waals surface area contributed by atoms with E-state index in [0.717, 1.165) is 16.8 Å². The molecule has 4 heterocycles. The summed E-state index contributed by atoms with van der Waals surface area (Å²) in [6, 6.07) is 1.09. The third-order valence-electron chi connectivity index (χ3n) is 5.29. The van der Waals surface area contributed by atoms with E-state index in [-0.39, 0.29) is 19.8 Å². The highest BCUT2D eigenvalue weighted by Gasteiger charge is 2.44. The van der Waals surface area contributed by atoms with Gasteiger partial charge < -0.3 is 39.7 Å². The molecule has 8 atom stereocenters. The summed E-state index contributed by atoms with van der Waals surface area (Å²) in [6.07, 6.45) is -7.45. The van der Waals surface area contributed by atoms with Gasteiger partial charge in [-0.05, 0) is 0 Å². The minimum atomic E-state index is -1.43. The van der Waals surface area contributed by atoms with Crippen molar-refractivity contribution in [2.45, 2.75) is 55.7 Å². The van der Waals surface area contributed by atoms with Crippen LogP contribution in [0, 0.1) is 0 Å². The van der Waals surface area contributed by atoms with E-state index in [4.69, 9.17) is 14.2 Å². The second kappa shape index (κ2) is 9.16. The van der Waals surface area contributed by atoms with Crippen molar-refractivity contribution in [1.82, 2.24) is 24.5 Å². The molecular weight excluding hydrogens is 434 g/mol. The van der Waals surface area contributed by atoms with E-state index in [9.17, 15) is 35.1 Å². The number of aromatic amines is 1. The highest BCUT2D eigenvalue weighted by atomic mass is 16.6. The molecule has 2 aliphatic rings. The first-order valence-electron chi connectivity index (χ1n) is 9.73. The Balaban J connectivity index is 1.33. The maximum Gasteiger partial charge on any atom is 0.330 e. The van der Waals surface area contributed by atoms with Crippen LogP contribution in [0.15, 0.2) is 28.0 Å². The maximum absolute atomic E-state index is 11.9. The lowest BCUT2D eigenvalue weighted by atomic mass is 10.0. The highest BCUT2D eigenvalue weighted by Crippen LogP contribution is 2.28. The lowest BCUT2D eigenvalue weighted by molar-refractivity contribution is -0.214. The van der Waals surface area contributed by atoms with Crippen molar-refractivity contribution < 1.29 is 39.7 Å². The summed E-state index contributed by atoms with van der Waals surface area (Å²) in [5.41, 5.74) is -1.07. The number of aromatic nitrogens is 5. The topological polar surface area (TPSA) is 214 Å². The molecule has 0 aromatic carbocycles. The van der Waals surface area contributed by atoms with Crippen LogP contribution in [0.2, 0.25) is 0 Å². The van der Waals surface area contributed by atoms with Gasteiger partial charge in [-0.25, -0.2) is 9.48 Å². The molecule has 2 aromatic rings. The molecule has 4 rings (SSSR count). The van der Waals surface area contributed by atoms with Crippen molar-refractivity contribution in [3.05, 3.63) is 45.0 Å². The number of nitrogens with one attached hydrogen (secondary N) is 1. The van der Waals surface area contributed by atoms with Gasteiger partial charge >= 0.3 is 5.69 Å². The Kier molecular flexibility index (Phi) is 6.50. The summed E-state index contributed by atoms with van der Waals surface area (Å²) in [4.78, 5) is 25.1. The molecule has 176 valence electrons. The van der Waals surface area contributed by atoms with E-state index in [1.807, 2.05) is 4.98 Å². The van der Waals surface area contributed by atoms with Crippen LogP contribution in [0.4, 0.5) is 0 Å². The van der Waals surface area contributed by atoms with Crippen LogP contribution in [0.25, 0.3) is 0 Å². The van der Waals surface area contributed by atoms with Crippen molar-refractivity contribution in [3.63, 3.8) is 0 Å². The molecule has 0 saturated carbocycles. The molecule has 2 aliphatic heterocycles. The first-order valence-corrected chi connectivity index (χ1v) is 9.73. The number of hydrogen-bond donors (Lipinski definition) is 6. The van der Waals surface area contributed by atoms with Gasteiger partial charge in [-0.2, -0.15) is 0 Å². The van der Waals surface area contributed by atoms with E-state index in [1.54, 1.807) is 0 Å². The molecular formula is C17H23N5O10. The molecule has 6 N–H and O–H groups in total. The standard InChI is InChI=1S/C17H23N5O10/c23-8-5-31-16(13(27)11(8)25)22-3-7(19-20-22)4-30-6-9-12(26)14(28)15(32-9)21-2-1-10(24)18-17(21)29/h1-3,8-9,11-16,23,25-28H,4-6H2,(H,18,24,29)/t8-,9-,11+,12-,13-,14-,15-,16-/m1/s1. The molecule has 32 heavy (non-hydrogen) atoms. The van der Waals surface area contributed by atoms with Gasteiger partial charge in [0, 0.05) is 12.3 Å². The summed E-state index contributed by atoms with van der Waals surface area (Å²) in [7, 11) is 0. The number of aliphatic hydroxyl groups is 5. The molecule has 0 amide bonds.